The average molecular weight is 460 g/mol. The molecule has 2 aliphatic rings. The van der Waals surface area contributed by atoms with E-state index in [2.05, 4.69) is 82.1 Å². The van der Waals surface area contributed by atoms with Crippen LogP contribution in [0.3, 0.4) is 0 Å². The third-order valence-corrected chi connectivity index (χ3v) is 7.66. The molecule has 2 aliphatic heterocycles. The highest BCUT2D eigenvalue weighted by Gasteiger charge is 2.29. The number of benzene rings is 2. The molecule has 3 heterocycles. The largest absolute Gasteiger partial charge is 0.354 e. The van der Waals surface area contributed by atoms with Gasteiger partial charge in [0.2, 0.25) is 11.9 Å². The van der Waals surface area contributed by atoms with Gasteiger partial charge in [0.15, 0.2) is 0 Å². The number of likely N-dealkylation sites (tertiary alicyclic amines) is 1. The topological polar surface area (TPSA) is 53.4 Å². The fourth-order valence-corrected chi connectivity index (χ4v) is 5.58. The zero-order valence-electron chi connectivity index (χ0n) is 20.5. The maximum Gasteiger partial charge on any atom is 0.223 e. The van der Waals surface area contributed by atoms with Gasteiger partial charge in [0.25, 0.3) is 0 Å². The fourth-order valence-electron chi connectivity index (χ4n) is 5.58. The predicted octanol–water partition coefficient (Wildman–Crippen LogP) is 4.21. The Morgan fingerprint density at radius 2 is 1.79 bits per heavy atom. The smallest absolute Gasteiger partial charge is 0.223 e. The minimum absolute atomic E-state index is 0.0997. The fraction of sp³-hybridized carbons (Fsp3) is 0.500. The Balaban J connectivity index is 1.25. The summed E-state index contributed by atoms with van der Waals surface area (Å²) in [4.78, 5) is 22.8. The van der Waals surface area contributed by atoms with Crippen LogP contribution >= 0.6 is 0 Å². The Kier molecular flexibility index (Phi) is 6.86. The molecule has 180 valence electrons. The molecule has 0 bridgehead atoms. The van der Waals surface area contributed by atoms with Crippen LogP contribution in [-0.2, 0) is 11.3 Å². The number of hydrogen-bond acceptors (Lipinski definition) is 4. The summed E-state index contributed by atoms with van der Waals surface area (Å²) in [5.41, 5.74) is 4.74. The van der Waals surface area contributed by atoms with Crippen LogP contribution in [0, 0.1) is 12.8 Å². The van der Waals surface area contributed by atoms with Crippen LogP contribution in [0.1, 0.15) is 43.7 Å². The number of para-hydroxylation sites is 2. The van der Waals surface area contributed by atoms with E-state index >= 15 is 0 Å². The number of piperidine rings is 1. The van der Waals surface area contributed by atoms with Crippen LogP contribution < -0.4 is 10.2 Å². The molecule has 34 heavy (non-hydrogen) atoms. The first-order chi connectivity index (χ1) is 16.6. The van der Waals surface area contributed by atoms with Gasteiger partial charge < -0.3 is 14.8 Å². The number of hydrogen-bond donors (Lipinski definition) is 1. The SMILES string of the molecule is CCN1CCC[C@H]1CNC(=O)C1CCN(c2nc3ccccc3n2Cc2ccc(C)cc2)CC1. The molecule has 2 aromatic carbocycles. The van der Waals surface area contributed by atoms with Gasteiger partial charge >= 0.3 is 0 Å². The van der Waals surface area contributed by atoms with E-state index in [1.165, 1.54) is 30.5 Å². The zero-order valence-corrected chi connectivity index (χ0v) is 20.5. The van der Waals surface area contributed by atoms with Crippen LogP contribution in [-0.4, -0.2) is 59.1 Å². The van der Waals surface area contributed by atoms with Crippen molar-refractivity contribution in [3.05, 3.63) is 59.7 Å². The van der Waals surface area contributed by atoms with Crippen molar-refractivity contribution in [3.8, 4) is 0 Å². The first-order valence-corrected chi connectivity index (χ1v) is 12.9. The molecule has 5 rings (SSSR count). The van der Waals surface area contributed by atoms with E-state index in [1.807, 2.05) is 0 Å². The minimum Gasteiger partial charge on any atom is -0.354 e. The van der Waals surface area contributed by atoms with E-state index in [0.29, 0.717) is 6.04 Å². The average Bonchev–Trinajstić information content (AvgIpc) is 3.48. The molecule has 6 heteroatoms. The van der Waals surface area contributed by atoms with E-state index in [1.54, 1.807) is 0 Å². The van der Waals surface area contributed by atoms with Crippen molar-refractivity contribution >= 4 is 22.9 Å². The number of amides is 1. The van der Waals surface area contributed by atoms with Crippen molar-refractivity contribution in [1.82, 2.24) is 19.8 Å². The quantitative estimate of drug-likeness (QED) is 0.575. The molecular formula is C28H37N5O. The van der Waals surface area contributed by atoms with E-state index in [9.17, 15) is 4.79 Å². The second-order valence-corrected chi connectivity index (χ2v) is 9.90. The lowest BCUT2D eigenvalue weighted by atomic mass is 9.96. The first kappa shape index (κ1) is 22.9. The molecule has 0 spiro atoms. The molecule has 0 unspecified atom stereocenters. The molecular weight excluding hydrogens is 422 g/mol. The van der Waals surface area contributed by atoms with Crippen LogP contribution in [0.4, 0.5) is 5.95 Å². The highest BCUT2D eigenvalue weighted by atomic mass is 16.1. The zero-order chi connectivity index (χ0) is 23.5. The number of aryl methyl sites for hydroxylation is 1. The maximum absolute atomic E-state index is 12.9. The van der Waals surface area contributed by atoms with Crippen LogP contribution in [0.15, 0.2) is 48.5 Å². The van der Waals surface area contributed by atoms with Gasteiger partial charge in [-0.25, -0.2) is 4.98 Å². The highest BCUT2D eigenvalue weighted by molar-refractivity contribution is 5.80. The van der Waals surface area contributed by atoms with E-state index in [0.717, 1.165) is 62.5 Å². The van der Waals surface area contributed by atoms with Crippen LogP contribution in [0.25, 0.3) is 11.0 Å². The Morgan fingerprint density at radius 3 is 2.56 bits per heavy atom. The van der Waals surface area contributed by atoms with Gasteiger partial charge in [-0.15, -0.1) is 0 Å². The molecule has 1 N–H and O–H groups in total. The first-order valence-electron chi connectivity index (χ1n) is 12.9. The maximum atomic E-state index is 12.9. The monoisotopic (exact) mass is 459 g/mol. The lowest BCUT2D eigenvalue weighted by molar-refractivity contribution is -0.125. The summed E-state index contributed by atoms with van der Waals surface area (Å²) in [6.07, 6.45) is 4.20. The van der Waals surface area contributed by atoms with Gasteiger partial charge in [0, 0.05) is 31.6 Å². The number of fused-ring (bicyclic) bond motifs is 1. The lowest BCUT2D eigenvalue weighted by Crippen LogP contribution is -2.45. The van der Waals surface area contributed by atoms with Crippen molar-refractivity contribution in [1.29, 1.82) is 0 Å². The standard InChI is InChI=1S/C28H37N5O/c1-3-31-16-6-7-24(31)19-29-27(34)23-14-17-32(18-15-23)28-30-25-8-4-5-9-26(25)33(28)20-22-12-10-21(2)11-13-22/h4-5,8-13,23-24H,3,6-7,14-20H2,1-2H3,(H,29,34)/t24-/m0/s1. The molecule has 1 atom stereocenters. The number of imidazole rings is 1. The summed E-state index contributed by atoms with van der Waals surface area (Å²) in [5, 5.41) is 3.26. The normalized spacial score (nSPS) is 19.7. The molecule has 0 radical (unpaired) electrons. The predicted molar refractivity (Wildman–Crippen MR) is 138 cm³/mol. The number of nitrogens with zero attached hydrogens (tertiary/aromatic N) is 4. The Labute approximate surface area is 203 Å². The Hall–Kier alpha value is -2.86. The van der Waals surface area contributed by atoms with Gasteiger partial charge in [0.1, 0.15) is 0 Å². The third-order valence-electron chi connectivity index (χ3n) is 7.66. The van der Waals surface area contributed by atoms with E-state index < -0.39 is 0 Å². The second-order valence-electron chi connectivity index (χ2n) is 9.90. The number of rotatable bonds is 7. The van der Waals surface area contributed by atoms with Crippen molar-refractivity contribution in [2.45, 2.75) is 52.1 Å². The highest BCUT2D eigenvalue weighted by Crippen LogP contribution is 2.28. The number of carbonyl (C=O) groups excluding carboxylic acids is 1. The molecule has 2 fully saturated rings. The third kappa shape index (κ3) is 4.83. The van der Waals surface area contributed by atoms with Gasteiger partial charge in [-0.2, -0.15) is 0 Å². The molecule has 0 saturated carbocycles. The number of nitrogens with one attached hydrogen (secondary N) is 1. The van der Waals surface area contributed by atoms with Gasteiger partial charge in [-0.05, 0) is 63.4 Å². The van der Waals surface area contributed by atoms with Crippen LogP contribution in [0.5, 0.6) is 0 Å². The van der Waals surface area contributed by atoms with Crippen molar-refractivity contribution in [3.63, 3.8) is 0 Å². The molecule has 6 nitrogen and oxygen atoms in total. The van der Waals surface area contributed by atoms with E-state index in [4.69, 9.17) is 4.98 Å². The second kappa shape index (κ2) is 10.2. The number of aromatic nitrogens is 2. The molecule has 2 saturated heterocycles. The summed E-state index contributed by atoms with van der Waals surface area (Å²) >= 11 is 0. The number of likely N-dealkylation sites (N-methyl/N-ethyl adjacent to an activating group) is 1. The number of anilines is 1. The number of carbonyl (C=O) groups is 1. The Bertz CT molecular complexity index is 1110. The summed E-state index contributed by atoms with van der Waals surface area (Å²) < 4.78 is 2.33. The van der Waals surface area contributed by atoms with E-state index in [-0.39, 0.29) is 11.8 Å². The molecule has 0 aliphatic carbocycles. The lowest BCUT2D eigenvalue weighted by Gasteiger charge is -2.33. The molecule has 1 amide bonds. The van der Waals surface area contributed by atoms with Gasteiger partial charge in [-0.1, -0.05) is 48.9 Å². The minimum atomic E-state index is 0.0997. The summed E-state index contributed by atoms with van der Waals surface area (Å²) in [5.74, 6) is 1.35. The summed E-state index contributed by atoms with van der Waals surface area (Å²) in [6.45, 7) is 9.88. The summed E-state index contributed by atoms with van der Waals surface area (Å²) in [6, 6.07) is 17.6. The van der Waals surface area contributed by atoms with Crippen molar-refractivity contribution < 1.29 is 4.79 Å². The Morgan fingerprint density at radius 1 is 1.03 bits per heavy atom. The summed E-state index contributed by atoms with van der Waals surface area (Å²) in [7, 11) is 0. The molecule has 3 aromatic rings. The van der Waals surface area contributed by atoms with Crippen LogP contribution in [0.2, 0.25) is 0 Å². The van der Waals surface area contributed by atoms with Crippen molar-refractivity contribution in [2.24, 2.45) is 5.92 Å². The van der Waals surface area contributed by atoms with Gasteiger partial charge in [-0.3, -0.25) is 9.69 Å². The van der Waals surface area contributed by atoms with Crippen molar-refractivity contribution in [2.75, 3.05) is 37.6 Å². The molecule has 1 aromatic heterocycles. The van der Waals surface area contributed by atoms with Gasteiger partial charge in [0.05, 0.1) is 17.6 Å².